The monoisotopic (exact) mass is 395 g/mol. The molecular formula is C23H33N5O. The third kappa shape index (κ3) is 5.19. The van der Waals surface area contributed by atoms with Crippen LogP contribution in [0.25, 0.3) is 0 Å². The Labute approximate surface area is 174 Å². The van der Waals surface area contributed by atoms with Crippen molar-refractivity contribution in [3.63, 3.8) is 0 Å². The van der Waals surface area contributed by atoms with Crippen molar-refractivity contribution in [3.8, 4) is 5.75 Å². The van der Waals surface area contributed by atoms with Crippen LogP contribution in [0.3, 0.4) is 0 Å². The lowest BCUT2D eigenvalue weighted by molar-refractivity contribution is 0.0968. The molecular weight excluding hydrogens is 362 g/mol. The van der Waals surface area contributed by atoms with E-state index in [9.17, 15) is 0 Å². The van der Waals surface area contributed by atoms with Crippen molar-refractivity contribution < 1.29 is 4.74 Å². The van der Waals surface area contributed by atoms with E-state index in [0.717, 1.165) is 51.3 Å². The Hall–Kier alpha value is -2.31. The molecule has 0 aliphatic carbocycles. The summed E-state index contributed by atoms with van der Waals surface area (Å²) in [6.07, 6.45) is 5.42. The summed E-state index contributed by atoms with van der Waals surface area (Å²) >= 11 is 0. The Kier molecular flexibility index (Phi) is 6.21. The van der Waals surface area contributed by atoms with Crippen molar-refractivity contribution >= 4 is 11.5 Å². The Morgan fingerprint density at radius 2 is 1.83 bits per heavy atom. The molecule has 0 amide bonds. The van der Waals surface area contributed by atoms with Crippen LogP contribution in [-0.4, -0.2) is 67.2 Å². The molecule has 4 rings (SSSR count). The molecule has 1 atom stereocenters. The van der Waals surface area contributed by atoms with Crippen molar-refractivity contribution in [1.29, 1.82) is 0 Å². The first-order valence-corrected chi connectivity index (χ1v) is 10.7. The van der Waals surface area contributed by atoms with E-state index >= 15 is 0 Å². The number of likely N-dealkylation sites (tertiary alicyclic amines) is 1. The van der Waals surface area contributed by atoms with Crippen LogP contribution < -0.4 is 15.4 Å². The second kappa shape index (κ2) is 9.01. The minimum atomic E-state index is 0.296. The summed E-state index contributed by atoms with van der Waals surface area (Å²) in [7, 11) is 4.34. The highest BCUT2D eigenvalue weighted by atomic mass is 16.5. The number of pyridine rings is 1. The predicted octanol–water partition coefficient (Wildman–Crippen LogP) is 2.85. The van der Waals surface area contributed by atoms with Gasteiger partial charge in [-0.1, -0.05) is 0 Å². The molecule has 6 nitrogen and oxygen atoms in total. The van der Waals surface area contributed by atoms with Gasteiger partial charge in [-0.15, -0.1) is 0 Å². The van der Waals surface area contributed by atoms with E-state index in [1.807, 2.05) is 12.1 Å². The van der Waals surface area contributed by atoms with E-state index in [2.05, 4.69) is 58.0 Å². The van der Waals surface area contributed by atoms with Gasteiger partial charge in [-0.3, -0.25) is 4.90 Å². The summed E-state index contributed by atoms with van der Waals surface area (Å²) in [5.41, 5.74) is 8.31. The molecule has 1 aromatic heterocycles. The second-order valence-corrected chi connectivity index (χ2v) is 8.53. The van der Waals surface area contributed by atoms with Gasteiger partial charge in [0.2, 0.25) is 0 Å². The fourth-order valence-electron chi connectivity index (χ4n) is 4.36. The number of hydrogen-bond donors (Lipinski definition) is 1. The van der Waals surface area contributed by atoms with Crippen molar-refractivity contribution in [2.75, 3.05) is 50.9 Å². The normalized spacial score (nSPS) is 21.1. The minimum absolute atomic E-state index is 0.296. The van der Waals surface area contributed by atoms with E-state index in [-0.39, 0.29) is 0 Å². The maximum Gasteiger partial charge on any atom is 0.123 e. The molecule has 2 aliphatic rings. The van der Waals surface area contributed by atoms with Gasteiger partial charge in [-0.05, 0) is 75.3 Å². The maximum atomic E-state index is 6.27. The van der Waals surface area contributed by atoms with E-state index < -0.39 is 0 Å². The smallest absolute Gasteiger partial charge is 0.123 e. The molecule has 0 bridgehead atoms. The fourth-order valence-corrected chi connectivity index (χ4v) is 4.36. The van der Waals surface area contributed by atoms with E-state index in [4.69, 9.17) is 10.5 Å². The van der Waals surface area contributed by atoms with Gasteiger partial charge < -0.3 is 20.3 Å². The Balaban J connectivity index is 1.24. The first-order chi connectivity index (χ1) is 14.1. The van der Waals surface area contributed by atoms with Crippen LogP contribution in [0.1, 0.15) is 24.8 Å². The fraction of sp³-hybridized carbons (Fsp3) is 0.522. The molecule has 0 saturated carbocycles. The SMILES string of the molecule is CN(C)[C@@H]1CCN(c2ccc(OC3CCN(Cc4ccnc(N)c4)CC3)cc2)C1. The maximum absolute atomic E-state index is 6.27. The molecule has 6 heteroatoms. The van der Waals surface area contributed by atoms with Crippen molar-refractivity contribution in [3.05, 3.63) is 48.2 Å². The number of nitrogens with two attached hydrogens (primary N) is 1. The lowest BCUT2D eigenvalue weighted by Gasteiger charge is -2.32. The molecule has 2 aliphatic heterocycles. The van der Waals surface area contributed by atoms with Crippen molar-refractivity contribution in [2.45, 2.75) is 38.0 Å². The quantitative estimate of drug-likeness (QED) is 0.812. The van der Waals surface area contributed by atoms with E-state index in [1.165, 1.54) is 17.7 Å². The lowest BCUT2D eigenvalue weighted by Crippen LogP contribution is -2.37. The standard InChI is InChI=1S/C23H33N5O/c1-26(2)20-8-14-28(17-20)19-3-5-21(6-4-19)29-22-9-12-27(13-10-22)16-18-7-11-25-23(24)15-18/h3-7,11,15,20,22H,8-10,12-14,16-17H2,1-2H3,(H2,24,25)/t20-/m1/s1. The van der Waals surface area contributed by atoms with Crippen LogP contribution in [0.4, 0.5) is 11.5 Å². The highest BCUT2D eigenvalue weighted by Crippen LogP contribution is 2.26. The van der Waals surface area contributed by atoms with E-state index in [0.29, 0.717) is 18.0 Å². The molecule has 156 valence electrons. The van der Waals surface area contributed by atoms with Gasteiger partial charge in [-0.2, -0.15) is 0 Å². The Morgan fingerprint density at radius 1 is 1.07 bits per heavy atom. The number of benzene rings is 1. The summed E-state index contributed by atoms with van der Waals surface area (Å²) in [4.78, 5) is 11.3. The zero-order chi connectivity index (χ0) is 20.2. The Bertz CT molecular complexity index is 786. The van der Waals surface area contributed by atoms with Crippen LogP contribution in [0.15, 0.2) is 42.6 Å². The molecule has 0 unspecified atom stereocenters. The average molecular weight is 396 g/mol. The van der Waals surface area contributed by atoms with Crippen LogP contribution >= 0.6 is 0 Å². The van der Waals surface area contributed by atoms with Gasteiger partial charge in [0.05, 0.1) is 0 Å². The third-order valence-electron chi connectivity index (χ3n) is 6.18. The summed E-state index contributed by atoms with van der Waals surface area (Å²) in [6, 6.07) is 13.3. The van der Waals surface area contributed by atoms with Gasteiger partial charge >= 0.3 is 0 Å². The number of piperidine rings is 1. The summed E-state index contributed by atoms with van der Waals surface area (Å²) in [5, 5.41) is 0. The van der Waals surface area contributed by atoms with Crippen molar-refractivity contribution in [1.82, 2.24) is 14.8 Å². The average Bonchev–Trinajstić information content (AvgIpc) is 3.21. The number of likely N-dealkylation sites (N-methyl/N-ethyl adjacent to an activating group) is 1. The summed E-state index contributed by atoms with van der Waals surface area (Å²) in [6.45, 7) is 5.26. The lowest BCUT2D eigenvalue weighted by atomic mass is 10.1. The van der Waals surface area contributed by atoms with Gasteiger partial charge in [0.1, 0.15) is 17.7 Å². The van der Waals surface area contributed by atoms with Gasteiger partial charge in [0, 0.05) is 50.6 Å². The second-order valence-electron chi connectivity index (χ2n) is 8.53. The number of anilines is 2. The zero-order valence-electron chi connectivity index (χ0n) is 17.6. The van der Waals surface area contributed by atoms with Gasteiger partial charge in [0.25, 0.3) is 0 Å². The molecule has 0 radical (unpaired) electrons. The topological polar surface area (TPSA) is 57.9 Å². The number of hydrogen-bond acceptors (Lipinski definition) is 6. The van der Waals surface area contributed by atoms with Crippen LogP contribution in [0.2, 0.25) is 0 Å². The highest BCUT2D eigenvalue weighted by Gasteiger charge is 2.24. The van der Waals surface area contributed by atoms with Gasteiger partial charge in [0.15, 0.2) is 0 Å². The number of aromatic nitrogens is 1. The predicted molar refractivity (Wildman–Crippen MR) is 118 cm³/mol. The largest absolute Gasteiger partial charge is 0.490 e. The Morgan fingerprint density at radius 3 is 2.48 bits per heavy atom. The van der Waals surface area contributed by atoms with Crippen LogP contribution in [0.5, 0.6) is 5.75 Å². The van der Waals surface area contributed by atoms with Crippen molar-refractivity contribution in [2.24, 2.45) is 0 Å². The molecule has 2 N–H and O–H groups in total. The van der Waals surface area contributed by atoms with E-state index in [1.54, 1.807) is 6.20 Å². The first kappa shape index (κ1) is 20.0. The number of ether oxygens (including phenoxy) is 1. The first-order valence-electron chi connectivity index (χ1n) is 10.7. The van der Waals surface area contributed by atoms with Crippen LogP contribution in [-0.2, 0) is 6.54 Å². The number of rotatable bonds is 6. The molecule has 2 fully saturated rings. The van der Waals surface area contributed by atoms with Crippen LogP contribution in [0, 0.1) is 0 Å². The molecule has 2 aromatic rings. The molecule has 3 heterocycles. The molecule has 0 spiro atoms. The third-order valence-corrected chi connectivity index (χ3v) is 6.18. The number of nitrogen functional groups attached to an aromatic ring is 1. The summed E-state index contributed by atoms with van der Waals surface area (Å²) < 4.78 is 6.27. The minimum Gasteiger partial charge on any atom is -0.490 e. The molecule has 29 heavy (non-hydrogen) atoms. The molecule has 2 saturated heterocycles. The van der Waals surface area contributed by atoms with Gasteiger partial charge in [-0.25, -0.2) is 4.98 Å². The highest BCUT2D eigenvalue weighted by molar-refractivity contribution is 5.50. The number of nitrogens with zero attached hydrogens (tertiary/aromatic N) is 4. The molecule has 1 aromatic carbocycles. The zero-order valence-corrected chi connectivity index (χ0v) is 17.6. The summed E-state index contributed by atoms with van der Waals surface area (Å²) in [5.74, 6) is 1.58.